The van der Waals surface area contributed by atoms with Crippen molar-refractivity contribution in [3.63, 3.8) is 0 Å². The van der Waals surface area contributed by atoms with Crippen molar-refractivity contribution in [3.05, 3.63) is 11.6 Å². The van der Waals surface area contributed by atoms with E-state index in [1.807, 2.05) is 0 Å². The molecule has 3 aliphatic rings. The Labute approximate surface area is 98.3 Å². The normalized spacial score (nSPS) is 47.6. The van der Waals surface area contributed by atoms with Gasteiger partial charge < -0.3 is 4.79 Å². The molecule has 3 fully saturated rings. The molecule has 4 atom stereocenters. The smallest absolute Gasteiger partial charge is 0.123 e. The Morgan fingerprint density at radius 1 is 1.44 bits per heavy atom. The van der Waals surface area contributed by atoms with E-state index in [9.17, 15) is 4.79 Å². The number of hydrogen-bond donors (Lipinski definition) is 0. The summed E-state index contributed by atoms with van der Waals surface area (Å²) in [6.07, 6.45) is 12.3. The molecule has 0 spiro atoms. The molecule has 1 heteroatoms. The topological polar surface area (TPSA) is 17.1 Å². The van der Waals surface area contributed by atoms with E-state index < -0.39 is 0 Å². The predicted octanol–water partition coefficient (Wildman–Crippen LogP) is 3.74. The average molecular weight is 218 g/mol. The molecule has 0 amide bonds. The summed E-state index contributed by atoms with van der Waals surface area (Å²) in [5.74, 6) is 3.00. The number of rotatable bonds is 3. The Hall–Kier alpha value is -0.590. The first kappa shape index (κ1) is 10.6. The summed E-state index contributed by atoms with van der Waals surface area (Å²) in [4.78, 5) is 10.5. The lowest BCUT2D eigenvalue weighted by Crippen LogP contribution is -2.31. The number of carbonyl (C=O) groups is 1. The van der Waals surface area contributed by atoms with Crippen molar-refractivity contribution in [2.45, 2.75) is 51.9 Å². The molecule has 88 valence electrons. The summed E-state index contributed by atoms with van der Waals surface area (Å²) in [5.41, 5.74) is 2.24. The van der Waals surface area contributed by atoms with Crippen LogP contribution in [0, 0.1) is 23.2 Å². The average Bonchev–Trinajstić information content (AvgIpc) is 2.96. The Balaban J connectivity index is 1.85. The monoisotopic (exact) mass is 218 g/mol. The van der Waals surface area contributed by atoms with Crippen LogP contribution in [-0.2, 0) is 4.79 Å². The van der Waals surface area contributed by atoms with Crippen LogP contribution in [0.15, 0.2) is 11.6 Å². The first-order chi connectivity index (χ1) is 7.80. The fourth-order valence-corrected chi connectivity index (χ4v) is 5.15. The molecule has 3 unspecified atom stereocenters. The summed E-state index contributed by atoms with van der Waals surface area (Å²) in [7, 11) is 0. The van der Waals surface area contributed by atoms with E-state index in [1.54, 1.807) is 5.57 Å². The zero-order valence-corrected chi connectivity index (χ0v) is 10.2. The third kappa shape index (κ3) is 1.26. The highest BCUT2D eigenvalue weighted by atomic mass is 16.1. The van der Waals surface area contributed by atoms with Crippen LogP contribution in [0.1, 0.15) is 51.9 Å². The lowest BCUT2D eigenvalue weighted by molar-refractivity contribution is -0.107. The van der Waals surface area contributed by atoms with E-state index in [2.05, 4.69) is 13.0 Å². The molecule has 3 rings (SSSR count). The number of fused-ring (bicyclic) bond motifs is 5. The van der Waals surface area contributed by atoms with Gasteiger partial charge in [-0.1, -0.05) is 18.6 Å². The van der Waals surface area contributed by atoms with Crippen molar-refractivity contribution in [2.24, 2.45) is 23.2 Å². The third-order valence-electron chi connectivity index (χ3n) is 5.79. The minimum Gasteiger partial charge on any atom is -0.303 e. The van der Waals surface area contributed by atoms with Crippen molar-refractivity contribution in [1.29, 1.82) is 0 Å². The van der Waals surface area contributed by atoms with Gasteiger partial charge in [0.15, 0.2) is 0 Å². The summed E-state index contributed by atoms with van der Waals surface area (Å²) in [5, 5.41) is 0. The molecule has 0 radical (unpaired) electrons. The molecule has 0 heterocycles. The Morgan fingerprint density at radius 2 is 2.31 bits per heavy atom. The van der Waals surface area contributed by atoms with Crippen molar-refractivity contribution in [2.75, 3.05) is 0 Å². The number of aldehydes is 1. The van der Waals surface area contributed by atoms with E-state index in [0.29, 0.717) is 11.8 Å². The number of allylic oxidation sites excluding steroid dienone is 2. The lowest BCUT2D eigenvalue weighted by atomic mass is 9.66. The van der Waals surface area contributed by atoms with Gasteiger partial charge in [0.25, 0.3) is 0 Å². The van der Waals surface area contributed by atoms with E-state index in [0.717, 1.165) is 24.0 Å². The van der Waals surface area contributed by atoms with Gasteiger partial charge in [0, 0.05) is 6.42 Å². The largest absolute Gasteiger partial charge is 0.303 e. The van der Waals surface area contributed by atoms with Gasteiger partial charge in [0.2, 0.25) is 0 Å². The maximum absolute atomic E-state index is 10.5. The van der Waals surface area contributed by atoms with Gasteiger partial charge >= 0.3 is 0 Å². The van der Waals surface area contributed by atoms with Crippen LogP contribution in [-0.4, -0.2) is 6.29 Å². The summed E-state index contributed by atoms with van der Waals surface area (Å²) >= 11 is 0. The second-order valence-corrected chi connectivity index (χ2v) is 6.11. The van der Waals surface area contributed by atoms with Crippen LogP contribution in [0.2, 0.25) is 0 Å². The number of hydrogen-bond acceptors (Lipinski definition) is 1. The van der Waals surface area contributed by atoms with Crippen LogP contribution in [0.3, 0.4) is 0 Å². The molecule has 0 N–H and O–H groups in total. The zero-order chi connectivity index (χ0) is 11.2. The third-order valence-corrected chi connectivity index (χ3v) is 5.79. The first-order valence-electron chi connectivity index (χ1n) is 6.91. The molecule has 2 bridgehead atoms. The standard InChI is InChI=1S/C15H22O/c1-2-15-10-11(4-3-7-16)8-14(15)12-5-6-13(15)9-12/h4,7,12-14H,2-3,5-6,8-10H2,1H3/b11-4-/t12?,13?,14-,15?/m1/s1. The van der Waals surface area contributed by atoms with Crippen LogP contribution in [0.5, 0.6) is 0 Å². The van der Waals surface area contributed by atoms with E-state index in [-0.39, 0.29) is 0 Å². The first-order valence-corrected chi connectivity index (χ1v) is 6.91. The van der Waals surface area contributed by atoms with Crippen LogP contribution in [0.25, 0.3) is 0 Å². The second-order valence-electron chi connectivity index (χ2n) is 6.11. The maximum Gasteiger partial charge on any atom is 0.123 e. The molecule has 0 aromatic rings. The van der Waals surface area contributed by atoms with Gasteiger partial charge in [-0.05, 0) is 61.7 Å². The van der Waals surface area contributed by atoms with E-state index in [1.165, 1.54) is 38.5 Å². The molecule has 0 aromatic carbocycles. The van der Waals surface area contributed by atoms with Gasteiger partial charge in [-0.15, -0.1) is 0 Å². The minimum absolute atomic E-state index is 0.636. The fourth-order valence-electron chi connectivity index (χ4n) is 5.15. The van der Waals surface area contributed by atoms with E-state index >= 15 is 0 Å². The van der Waals surface area contributed by atoms with Gasteiger partial charge in [-0.25, -0.2) is 0 Å². The van der Waals surface area contributed by atoms with Gasteiger partial charge in [-0.2, -0.15) is 0 Å². The summed E-state index contributed by atoms with van der Waals surface area (Å²) < 4.78 is 0. The van der Waals surface area contributed by atoms with Crippen molar-refractivity contribution < 1.29 is 4.79 Å². The van der Waals surface area contributed by atoms with Crippen LogP contribution >= 0.6 is 0 Å². The highest BCUT2D eigenvalue weighted by Crippen LogP contribution is 2.68. The molecule has 0 aliphatic heterocycles. The Kier molecular flexibility index (Phi) is 2.45. The highest BCUT2D eigenvalue weighted by molar-refractivity contribution is 5.52. The summed E-state index contributed by atoms with van der Waals surface area (Å²) in [6.45, 7) is 2.39. The van der Waals surface area contributed by atoms with Crippen molar-refractivity contribution in [1.82, 2.24) is 0 Å². The van der Waals surface area contributed by atoms with Crippen molar-refractivity contribution in [3.8, 4) is 0 Å². The molecule has 3 saturated carbocycles. The van der Waals surface area contributed by atoms with Crippen LogP contribution < -0.4 is 0 Å². The highest BCUT2D eigenvalue weighted by Gasteiger charge is 2.59. The van der Waals surface area contributed by atoms with Gasteiger partial charge in [0.1, 0.15) is 6.29 Å². The Morgan fingerprint density at radius 3 is 3.00 bits per heavy atom. The quantitative estimate of drug-likeness (QED) is 0.521. The second kappa shape index (κ2) is 3.72. The van der Waals surface area contributed by atoms with Gasteiger partial charge in [0.05, 0.1) is 0 Å². The SMILES string of the molecule is CCC12C/C(=C\CC=O)C[C@@H]1C1CCC2C1. The maximum atomic E-state index is 10.5. The number of carbonyl (C=O) groups excluding carboxylic acids is 1. The van der Waals surface area contributed by atoms with Gasteiger partial charge in [-0.3, -0.25) is 0 Å². The molecule has 16 heavy (non-hydrogen) atoms. The predicted molar refractivity (Wildman–Crippen MR) is 65.0 cm³/mol. The molecule has 1 nitrogen and oxygen atoms in total. The zero-order valence-electron chi connectivity index (χ0n) is 10.2. The molecular weight excluding hydrogens is 196 g/mol. The summed E-state index contributed by atoms with van der Waals surface area (Å²) in [6, 6.07) is 0. The minimum atomic E-state index is 0.636. The lowest BCUT2D eigenvalue weighted by Gasteiger charge is -2.38. The Bertz CT molecular complexity index is 330. The fraction of sp³-hybridized carbons (Fsp3) is 0.800. The van der Waals surface area contributed by atoms with Crippen molar-refractivity contribution >= 4 is 6.29 Å². The molecule has 0 saturated heterocycles. The molecule has 3 aliphatic carbocycles. The molecular formula is C15H22O. The molecule has 0 aromatic heterocycles. The van der Waals surface area contributed by atoms with E-state index in [4.69, 9.17) is 0 Å². The van der Waals surface area contributed by atoms with Crippen LogP contribution in [0.4, 0.5) is 0 Å².